The Morgan fingerprint density at radius 3 is 1.60 bits per heavy atom. The first-order chi connectivity index (χ1) is 20.6. The predicted octanol–water partition coefficient (Wildman–Crippen LogP) is 5.94. The molecule has 0 aliphatic heterocycles. The second-order valence-electron chi connectivity index (χ2n) is 12.7. The number of aliphatic carboxylic acids is 2. The van der Waals surface area contributed by atoms with Crippen molar-refractivity contribution < 1.29 is 38.9 Å². The van der Waals surface area contributed by atoms with Gasteiger partial charge in [0.1, 0.15) is 11.5 Å². The van der Waals surface area contributed by atoms with Crippen molar-refractivity contribution in [3.8, 4) is 11.5 Å². The third-order valence-corrected chi connectivity index (χ3v) is 10.4. The number of ether oxygens (including phenoxy) is 2. The van der Waals surface area contributed by atoms with Crippen molar-refractivity contribution in [2.24, 2.45) is 47.3 Å². The summed E-state index contributed by atoms with van der Waals surface area (Å²) in [6.45, 7) is 5.70. The van der Waals surface area contributed by atoms with E-state index >= 15 is 0 Å². The number of aryl methyl sites for hydroxylation is 1. The molecule has 8 atom stereocenters. The Morgan fingerprint density at radius 2 is 1.09 bits per heavy atom. The number of carboxylic acid groups (broad SMARTS) is 2. The van der Waals surface area contributed by atoms with Crippen molar-refractivity contribution in [2.45, 2.75) is 33.6 Å². The lowest BCUT2D eigenvalue weighted by Gasteiger charge is -2.27. The maximum Gasteiger partial charge on any atom is 0.315 e. The number of hydrogen-bond acceptors (Lipinski definition) is 6. The van der Waals surface area contributed by atoms with Gasteiger partial charge in [0.25, 0.3) is 0 Å². The average molecular weight is 581 g/mol. The molecule has 8 heteroatoms. The predicted molar refractivity (Wildman–Crippen MR) is 157 cm³/mol. The molecule has 7 rings (SSSR count). The number of fused-ring (bicyclic) bond motifs is 6. The Labute approximate surface area is 248 Å². The first-order valence-electron chi connectivity index (χ1n) is 14.8. The third kappa shape index (κ3) is 4.02. The average Bonchev–Trinajstić information content (AvgIpc) is 3.73. The van der Waals surface area contributed by atoms with E-state index in [2.05, 4.69) is 0 Å². The molecule has 2 saturated carbocycles. The molecule has 0 saturated heterocycles. The number of carboxylic acids is 2. The first kappa shape index (κ1) is 27.4. The van der Waals surface area contributed by atoms with Gasteiger partial charge >= 0.3 is 23.9 Å². The van der Waals surface area contributed by atoms with Gasteiger partial charge in [-0.2, -0.15) is 0 Å². The van der Waals surface area contributed by atoms with Crippen LogP contribution in [0.25, 0.3) is 21.5 Å². The van der Waals surface area contributed by atoms with Gasteiger partial charge in [-0.1, -0.05) is 65.8 Å². The van der Waals surface area contributed by atoms with Crippen LogP contribution in [0.1, 0.15) is 32.3 Å². The van der Waals surface area contributed by atoms with E-state index in [-0.39, 0.29) is 29.4 Å². The summed E-state index contributed by atoms with van der Waals surface area (Å²) in [5, 5.41) is 22.2. The second kappa shape index (κ2) is 9.79. The smallest absolute Gasteiger partial charge is 0.315 e. The number of allylic oxidation sites excluding steroid dienone is 4. The summed E-state index contributed by atoms with van der Waals surface area (Å²) in [6.07, 6.45) is 5.23. The van der Waals surface area contributed by atoms with Gasteiger partial charge in [0.2, 0.25) is 0 Å². The number of rotatable bonds is 6. The molecule has 43 heavy (non-hydrogen) atoms. The van der Waals surface area contributed by atoms with Crippen LogP contribution in [-0.2, 0) is 19.2 Å². The van der Waals surface area contributed by atoms with Crippen LogP contribution in [0.4, 0.5) is 0 Å². The van der Waals surface area contributed by atoms with Crippen LogP contribution < -0.4 is 9.47 Å². The molecule has 8 nitrogen and oxygen atoms in total. The lowest BCUT2D eigenvalue weighted by atomic mass is 9.80. The van der Waals surface area contributed by atoms with E-state index < -0.39 is 47.5 Å². The summed E-state index contributed by atoms with van der Waals surface area (Å²) in [4.78, 5) is 52.1. The van der Waals surface area contributed by atoms with Crippen LogP contribution in [0.3, 0.4) is 0 Å². The molecule has 0 heterocycles. The molecule has 3 aromatic rings. The van der Waals surface area contributed by atoms with Crippen molar-refractivity contribution in [2.75, 3.05) is 0 Å². The van der Waals surface area contributed by atoms with E-state index in [1.54, 1.807) is 30.3 Å². The van der Waals surface area contributed by atoms with E-state index in [9.17, 15) is 29.4 Å². The van der Waals surface area contributed by atoms with E-state index in [0.29, 0.717) is 40.1 Å². The zero-order chi connectivity index (χ0) is 30.3. The topological polar surface area (TPSA) is 127 Å². The summed E-state index contributed by atoms with van der Waals surface area (Å²) in [6, 6.07) is 12.6. The number of carbonyl (C=O) groups excluding carboxylic acids is 2. The van der Waals surface area contributed by atoms with Gasteiger partial charge in [-0.05, 0) is 62.8 Å². The van der Waals surface area contributed by atoms with Crippen LogP contribution >= 0.6 is 0 Å². The van der Waals surface area contributed by atoms with Gasteiger partial charge < -0.3 is 19.7 Å². The number of carbonyl (C=O) groups is 4. The maximum absolute atomic E-state index is 13.8. The summed E-state index contributed by atoms with van der Waals surface area (Å²) in [7, 11) is 0. The van der Waals surface area contributed by atoms with Gasteiger partial charge in [-0.15, -0.1) is 0 Å². The van der Waals surface area contributed by atoms with Crippen LogP contribution in [0.15, 0.2) is 65.8 Å². The molecule has 2 N–H and O–H groups in total. The fourth-order valence-electron chi connectivity index (χ4n) is 8.57. The van der Waals surface area contributed by atoms with E-state index in [1.165, 1.54) is 0 Å². The van der Waals surface area contributed by atoms with Crippen molar-refractivity contribution in [3.63, 3.8) is 0 Å². The Balaban J connectivity index is 1.32. The van der Waals surface area contributed by atoms with Crippen LogP contribution in [0, 0.1) is 54.3 Å². The quantitative estimate of drug-likeness (QED) is 0.159. The molecule has 0 aromatic heterocycles. The van der Waals surface area contributed by atoms with E-state index in [1.807, 2.05) is 45.1 Å². The first-order valence-corrected chi connectivity index (χ1v) is 14.8. The van der Waals surface area contributed by atoms with E-state index in [0.717, 1.165) is 16.7 Å². The molecule has 220 valence electrons. The van der Waals surface area contributed by atoms with Gasteiger partial charge in [0.05, 0.1) is 23.7 Å². The zero-order valence-electron chi connectivity index (χ0n) is 24.1. The lowest BCUT2D eigenvalue weighted by molar-refractivity contribution is -0.152. The van der Waals surface area contributed by atoms with Crippen molar-refractivity contribution in [3.05, 3.63) is 71.3 Å². The Kier molecular flexibility index (Phi) is 6.24. The van der Waals surface area contributed by atoms with Gasteiger partial charge in [-0.3, -0.25) is 19.2 Å². The fourth-order valence-corrected chi connectivity index (χ4v) is 8.57. The molecule has 0 radical (unpaired) electrons. The molecule has 3 aromatic carbocycles. The van der Waals surface area contributed by atoms with Gasteiger partial charge in [-0.25, -0.2) is 0 Å². The SMILES string of the molecule is CC1=CC2CC1C(C(=O)O)C2C(=O)Oc1c2ccccc2c(OC(=O)C2C3C=C(C)C(C3)C2C(=O)O)c2c(C)cccc12. The molecule has 4 bridgehead atoms. The molecule has 8 unspecified atom stereocenters. The molecule has 4 aliphatic rings. The normalized spacial score (nSPS) is 30.4. The standard InChI is InChI=1S/C35H32O8/c1-15-7-6-10-22-25(15)31(43-35(41)27-19-12-17(3)24(14-19)29(27)33(38)39)21-9-5-4-8-20(21)30(22)42-34(40)26-18-11-16(2)23(13-18)28(26)32(36)37/h4-12,18-19,23-24,26-29H,13-14H2,1-3H3,(H,36,37)(H,38,39). The number of esters is 2. The molecule has 0 spiro atoms. The molecule has 4 aliphatic carbocycles. The van der Waals surface area contributed by atoms with Crippen molar-refractivity contribution in [1.82, 2.24) is 0 Å². The van der Waals surface area contributed by atoms with E-state index in [4.69, 9.17) is 9.47 Å². The summed E-state index contributed by atoms with van der Waals surface area (Å²) >= 11 is 0. The highest BCUT2D eigenvalue weighted by atomic mass is 16.5. The summed E-state index contributed by atoms with van der Waals surface area (Å²) in [5.41, 5.74) is 2.79. The van der Waals surface area contributed by atoms with Crippen LogP contribution in [0.5, 0.6) is 11.5 Å². The Hall–Kier alpha value is -4.46. The van der Waals surface area contributed by atoms with Crippen molar-refractivity contribution in [1.29, 1.82) is 0 Å². The minimum absolute atomic E-state index is 0.184. The molecule has 0 amide bonds. The van der Waals surface area contributed by atoms with Gasteiger partial charge in [0.15, 0.2) is 0 Å². The van der Waals surface area contributed by atoms with Crippen molar-refractivity contribution >= 4 is 45.4 Å². The monoisotopic (exact) mass is 580 g/mol. The third-order valence-electron chi connectivity index (χ3n) is 10.4. The molecule has 2 fully saturated rings. The minimum Gasteiger partial charge on any atom is -0.481 e. The van der Waals surface area contributed by atoms with Gasteiger partial charge in [0, 0.05) is 21.5 Å². The highest BCUT2D eigenvalue weighted by Gasteiger charge is 2.56. The Morgan fingerprint density at radius 1 is 0.628 bits per heavy atom. The fraction of sp³-hybridized carbons (Fsp3) is 0.371. The summed E-state index contributed by atoms with van der Waals surface area (Å²) in [5.74, 6) is -6.64. The lowest BCUT2D eigenvalue weighted by Crippen LogP contribution is -2.36. The zero-order valence-corrected chi connectivity index (χ0v) is 24.1. The maximum atomic E-state index is 13.8. The minimum atomic E-state index is -1.000. The highest BCUT2D eigenvalue weighted by Crippen LogP contribution is 2.54. The molecular formula is C35H32O8. The largest absolute Gasteiger partial charge is 0.481 e. The second-order valence-corrected chi connectivity index (χ2v) is 12.7. The Bertz CT molecular complexity index is 1820. The number of hydrogen-bond donors (Lipinski definition) is 2. The highest BCUT2D eigenvalue weighted by molar-refractivity contribution is 6.14. The summed E-state index contributed by atoms with van der Waals surface area (Å²) < 4.78 is 12.3. The van der Waals surface area contributed by atoms with Crippen LogP contribution in [-0.4, -0.2) is 34.1 Å². The molecular weight excluding hydrogens is 548 g/mol. The number of benzene rings is 3. The van der Waals surface area contributed by atoms with Crippen LogP contribution in [0.2, 0.25) is 0 Å².